The fourth-order valence-corrected chi connectivity index (χ4v) is 6.21. The molecule has 0 unspecified atom stereocenters. The molecule has 0 aliphatic carbocycles. The van der Waals surface area contributed by atoms with Gasteiger partial charge in [-0.3, -0.25) is 5.10 Å². The number of H-pyrrole nitrogens is 1. The Morgan fingerprint density at radius 1 is 1.14 bits per heavy atom. The second-order valence-corrected chi connectivity index (χ2v) is 12.6. The lowest BCUT2D eigenvalue weighted by molar-refractivity contribution is 0.0525. The Labute approximate surface area is 247 Å². The number of ether oxygens (including phenoxy) is 2. The number of fused-ring (bicyclic) bond motifs is 2. The van der Waals surface area contributed by atoms with E-state index in [9.17, 15) is 4.79 Å². The summed E-state index contributed by atoms with van der Waals surface area (Å²) in [4.78, 5) is 37.0. The average molecular weight is 587 g/mol. The zero-order valence-corrected chi connectivity index (χ0v) is 25.1. The van der Waals surface area contributed by atoms with Gasteiger partial charge in [0.15, 0.2) is 11.6 Å². The number of hydrogen-bond acceptors (Lipinski definition) is 11. The van der Waals surface area contributed by atoms with Crippen LogP contribution in [0.4, 0.5) is 11.8 Å². The van der Waals surface area contributed by atoms with Gasteiger partial charge in [-0.15, -0.1) is 11.3 Å². The van der Waals surface area contributed by atoms with E-state index in [4.69, 9.17) is 19.4 Å². The zero-order valence-electron chi connectivity index (χ0n) is 24.3. The molecule has 0 radical (unpaired) electrons. The normalized spacial score (nSPS) is 14.0. The lowest BCUT2D eigenvalue weighted by atomic mass is 9.96. The van der Waals surface area contributed by atoms with E-state index in [-0.39, 0.29) is 5.41 Å². The van der Waals surface area contributed by atoms with Gasteiger partial charge in [0.05, 0.1) is 53.9 Å². The molecule has 1 aliphatic heterocycles. The molecule has 1 N–H and O–H groups in total. The molecule has 218 valence electrons. The maximum absolute atomic E-state index is 12.2. The van der Waals surface area contributed by atoms with Crippen LogP contribution in [0.15, 0.2) is 42.9 Å². The fourth-order valence-electron chi connectivity index (χ4n) is 5.08. The van der Waals surface area contributed by atoms with Crippen molar-refractivity contribution in [1.29, 1.82) is 0 Å². The third kappa shape index (κ3) is 5.90. The number of carbonyl (C=O) groups excluding carboxylic acids is 1. The van der Waals surface area contributed by atoms with Crippen molar-refractivity contribution in [3.05, 3.63) is 53.3 Å². The second-order valence-electron chi connectivity index (χ2n) is 11.4. The van der Waals surface area contributed by atoms with Crippen molar-refractivity contribution in [2.75, 3.05) is 49.3 Å². The highest BCUT2D eigenvalue weighted by Crippen LogP contribution is 2.37. The minimum atomic E-state index is -0.424. The molecule has 12 heteroatoms. The molecule has 0 spiro atoms. The Morgan fingerprint density at radius 3 is 2.67 bits per heavy atom. The number of carbonyl (C=O) groups is 1. The Bertz CT molecular complexity index is 1700. The predicted octanol–water partition coefficient (Wildman–Crippen LogP) is 5.09. The summed E-state index contributed by atoms with van der Waals surface area (Å²) in [6.07, 6.45) is 4.89. The zero-order chi connectivity index (χ0) is 29.3. The van der Waals surface area contributed by atoms with E-state index < -0.39 is 5.97 Å². The van der Waals surface area contributed by atoms with Crippen molar-refractivity contribution >= 4 is 50.2 Å². The molecule has 42 heavy (non-hydrogen) atoms. The molecule has 4 aromatic heterocycles. The van der Waals surface area contributed by atoms with Crippen LogP contribution in [0.1, 0.15) is 42.9 Å². The molecule has 11 nitrogen and oxygen atoms in total. The minimum absolute atomic E-state index is 0.0188. The van der Waals surface area contributed by atoms with Gasteiger partial charge < -0.3 is 19.3 Å². The highest BCUT2D eigenvalue weighted by atomic mass is 32.1. The van der Waals surface area contributed by atoms with E-state index in [1.54, 1.807) is 18.3 Å². The largest absolute Gasteiger partial charge is 0.462 e. The van der Waals surface area contributed by atoms with Gasteiger partial charge in [0.2, 0.25) is 5.95 Å². The molecule has 1 aromatic carbocycles. The Hall–Kier alpha value is -4.16. The molecule has 0 saturated carbocycles. The summed E-state index contributed by atoms with van der Waals surface area (Å²) < 4.78 is 11.8. The second kappa shape index (κ2) is 11.6. The number of rotatable bonds is 8. The van der Waals surface area contributed by atoms with Crippen LogP contribution in [-0.2, 0) is 16.0 Å². The van der Waals surface area contributed by atoms with Gasteiger partial charge in [-0.2, -0.15) is 5.10 Å². The van der Waals surface area contributed by atoms with Gasteiger partial charge in [0.25, 0.3) is 0 Å². The topological polar surface area (TPSA) is 122 Å². The Kier molecular flexibility index (Phi) is 7.74. The summed E-state index contributed by atoms with van der Waals surface area (Å²) in [6.45, 7) is 12.8. The molecule has 6 rings (SSSR count). The standard InChI is InChI=1S/C30H34N8O3S/c1-5-41-28(39)19-14-31-29(32-15-19)38(18-30(2,3)4)17-20-13-24-25(42-20)27(37-9-11-40-12-10-37)35-26(34-24)21-7-6-8-23-22(21)16-33-36-23/h6-8,13-16H,5,9-12,17-18H2,1-4H3,(H,33,36). The summed E-state index contributed by atoms with van der Waals surface area (Å²) in [5.41, 5.74) is 3.10. The van der Waals surface area contributed by atoms with Crippen LogP contribution in [0.2, 0.25) is 0 Å². The smallest absolute Gasteiger partial charge is 0.341 e. The third-order valence-electron chi connectivity index (χ3n) is 6.89. The minimum Gasteiger partial charge on any atom is -0.462 e. The first kappa shape index (κ1) is 28.0. The first-order valence-corrected chi connectivity index (χ1v) is 14.9. The van der Waals surface area contributed by atoms with Crippen LogP contribution < -0.4 is 9.80 Å². The summed E-state index contributed by atoms with van der Waals surface area (Å²) in [6, 6.07) is 8.18. The molecule has 0 bridgehead atoms. The number of hydrogen-bond donors (Lipinski definition) is 1. The first-order valence-electron chi connectivity index (χ1n) is 14.1. The van der Waals surface area contributed by atoms with Crippen LogP contribution in [0.5, 0.6) is 0 Å². The predicted molar refractivity (Wildman–Crippen MR) is 164 cm³/mol. The lowest BCUT2D eigenvalue weighted by Crippen LogP contribution is -2.36. The van der Waals surface area contributed by atoms with Crippen LogP contribution in [-0.4, -0.2) is 75.6 Å². The number of nitrogens with one attached hydrogen (secondary N) is 1. The number of benzene rings is 1. The molecule has 1 aliphatic rings. The highest BCUT2D eigenvalue weighted by Gasteiger charge is 2.24. The van der Waals surface area contributed by atoms with E-state index >= 15 is 0 Å². The van der Waals surface area contributed by atoms with Crippen molar-refractivity contribution in [3.63, 3.8) is 0 Å². The van der Waals surface area contributed by atoms with E-state index in [0.29, 0.717) is 43.7 Å². The Balaban J connectivity index is 1.39. The number of thiophene rings is 1. The van der Waals surface area contributed by atoms with Crippen molar-refractivity contribution in [2.24, 2.45) is 5.41 Å². The molecule has 0 atom stereocenters. The third-order valence-corrected chi connectivity index (χ3v) is 7.99. The van der Waals surface area contributed by atoms with Crippen LogP contribution in [0, 0.1) is 5.41 Å². The van der Waals surface area contributed by atoms with Gasteiger partial charge >= 0.3 is 5.97 Å². The monoisotopic (exact) mass is 586 g/mol. The van der Waals surface area contributed by atoms with E-state index in [0.717, 1.165) is 57.0 Å². The van der Waals surface area contributed by atoms with Gasteiger partial charge in [-0.05, 0) is 24.5 Å². The number of nitrogens with zero attached hydrogens (tertiary/aromatic N) is 7. The van der Waals surface area contributed by atoms with Gasteiger partial charge in [-0.25, -0.2) is 24.7 Å². The molecule has 1 fully saturated rings. The summed E-state index contributed by atoms with van der Waals surface area (Å²) >= 11 is 1.69. The quantitative estimate of drug-likeness (QED) is 0.246. The average Bonchev–Trinajstić information content (AvgIpc) is 3.63. The van der Waals surface area contributed by atoms with E-state index in [2.05, 4.69) is 56.8 Å². The van der Waals surface area contributed by atoms with E-state index in [1.807, 2.05) is 24.4 Å². The number of esters is 1. The first-order chi connectivity index (χ1) is 20.3. The lowest BCUT2D eigenvalue weighted by Gasteiger charge is -2.29. The number of aromatic nitrogens is 6. The number of anilines is 2. The van der Waals surface area contributed by atoms with E-state index in [1.165, 1.54) is 12.4 Å². The van der Waals surface area contributed by atoms with Gasteiger partial charge in [0, 0.05) is 47.9 Å². The molecule has 5 heterocycles. The maximum atomic E-state index is 12.2. The number of morpholine rings is 1. The van der Waals surface area contributed by atoms with Crippen molar-refractivity contribution in [1.82, 2.24) is 30.1 Å². The highest BCUT2D eigenvalue weighted by molar-refractivity contribution is 7.19. The molecule has 5 aromatic rings. The summed E-state index contributed by atoms with van der Waals surface area (Å²) in [5.74, 6) is 1.73. The van der Waals surface area contributed by atoms with Crippen molar-refractivity contribution in [2.45, 2.75) is 34.2 Å². The maximum Gasteiger partial charge on any atom is 0.341 e. The van der Waals surface area contributed by atoms with Crippen LogP contribution >= 0.6 is 11.3 Å². The van der Waals surface area contributed by atoms with Crippen LogP contribution in [0.3, 0.4) is 0 Å². The fraction of sp³-hybridized carbons (Fsp3) is 0.400. The van der Waals surface area contributed by atoms with Gasteiger partial charge in [0.1, 0.15) is 0 Å². The van der Waals surface area contributed by atoms with Gasteiger partial charge in [-0.1, -0.05) is 32.9 Å². The van der Waals surface area contributed by atoms with Crippen molar-refractivity contribution in [3.8, 4) is 11.4 Å². The number of aromatic amines is 1. The SMILES string of the molecule is CCOC(=O)c1cnc(N(Cc2cc3nc(-c4cccc5[nH]ncc45)nc(N4CCOCC4)c3s2)CC(C)(C)C)nc1. The van der Waals surface area contributed by atoms with Crippen molar-refractivity contribution < 1.29 is 14.3 Å². The molecule has 1 saturated heterocycles. The summed E-state index contributed by atoms with van der Waals surface area (Å²) in [7, 11) is 0. The summed E-state index contributed by atoms with van der Waals surface area (Å²) in [5, 5.41) is 8.27. The molecule has 0 amide bonds. The Morgan fingerprint density at radius 2 is 1.93 bits per heavy atom. The molecular formula is C30H34N8O3S. The van der Waals surface area contributed by atoms with Crippen LogP contribution in [0.25, 0.3) is 32.5 Å². The molecular weight excluding hydrogens is 552 g/mol.